The zero-order chi connectivity index (χ0) is 16.4. The number of anilines is 2. The predicted molar refractivity (Wildman–Crippen MR) is 88.0 cm³/mol. The fourth-order valence-corrected chi connectivity index (χ4v) is 3.42. The zero-order valence-corrected chi connectivity index (χ0v) is 13.5. The Balaban J connectivity index is 1.64. The molecular formula is C16H23N3O4. The molecule has 1 aliphatic heterocycles. The van der Waals surface area contributed by atoms with Crippen molar-refractivity contribution in [2.24, 2.45) is 0 Å². The van der Waals surface area contributed by atoms with Gasteiger partial charge >= 0.3 is 6.09 Å². The molecule has 0 unspecified atom stereocenters. The number of rotatable bonds is 4. The van der Waals surface area contributed by atoms with Gasteiger partial charge in [-0.2, -0.15) is 0 Å². The van der Waals surface area contributed by atoms with Crippen molar-refractivity contribution in [1.29, 1.82) is 0 Å². The van der Waals surface area contributed by atoms with Gasteiger partial charge < -0.3 is 19.9 Å². The zero-order valence-electron chi connectivity index (χ0n) is 13.5. The summed E-state index contributed by atoms with van der Waals surface area (Å²) in [5, 5.41) is 3.26. The molecule has 1 aromatic rings. The molecule has 1 saturated heterocycles. The van der Waals surface area contributed by atoms with Gasteiger partial charge in [-0.1, -0.05) is 12.8 Å². The van der Waals surface area contributed by atoms with Crippen LogP contribution in [0, 0.1) is 0 Å². The van der Waals surface area contributed by atoms with Crippen LogP contribution in [-0.4, -0.2) is 49.8 Å². The first kappa shape index (κ1) is 15.8. The van der Waals surface area contributed by atoms with Crippen molar-refractivity contribution in [2.75, 3.05) is 43.0 Å². The number of nitrogens with zero attached hydrogens (tertiary/aromatic N) is 2. The van der Waals surface area contributed by atoms with Gasteiger partial charge in [-0.3, -0.25) is 9.59 Å². The molecular weight excluding hydrogens is 298 g/mol. The molecule has 1 aliphatic carbocycles. The topological polar surface area (TPSA) is 79.0 Å². The fraction of sp³-hybridized carbons (Fsp3) is 0.688. The van der Waals surface area contributed by atoms with E-state index in [1.165, 1.54) is 12.8 Å². The van der Waals surface area contributed by atoms with E-state index in [0.717, 1.165) is 12.8 Å². The lowest BCUT2D eigenvalue weighted by molar-refractivity contribution is 0.105. The Labute approximate surface area is 134 Å². The predicted octanol–water partition coefficient (Wildman–Crippen LogP) is 0.916. The van der Waals surface area contributed by atoms with Gasteiger partial charge in [0, 0.05) is 32.2 Å². The number of ether oxygens (including phenoxy) is 1. The van der Waals surface area contributed by atoms with Gasteiger partial charge in [-0.15, -0.1) is 0 Å². The van der Waals surface area contributed by atoms with Crippen LogP contribution < -0.4 is 21.1 Å². The van der Waals surface area contributed by atoms with Crippen LogP contribution in [0.3, 0.4) is 0 Å². The minimum absolute atomic E-state index is 0.304. The second-order valence-electron chi connectivity index (χ2n) is 6.18. The highest BCUT2D eigenvalue weighted by atomic mass is 16.6. The normalized spacial score (nSPS) is 19.3. The van der Waals surface area contributed by atoms with Crippen LogP contribution in [0.5, 0.6) is 0 Å². The van der Waals surface area contributed by atoms with Crippen molar-refractivity contribution in [3.8, 4) is 0 Å². The van der Waals surface area contributed by atoms with E-state index >= 15 is 0 Å². The number of carbonyl (C=O) groups excluding carboxylic acids is 1. The Bertz CT molecular complexity index is 636. The van der Waals surface area contributed by atoms with Crippen LogP contribution in [0.4, 0.5) is 16.2 Å². The number of amides is 1. The van der Waals surface area contributed by atoms with Gasteiger partial charge in [-0.25, -0.2) is 4.79 Å². The monoisotopic (exact) mass is 321 g/mol. The molecule has 1 heterocycles. The number of nitrogens with one attached hydrogen (secondary N) is 1. The number of piperazine rings is 1. The summed E-state index contributed by atoms with van der Waals surface area (Å²) >= 11 is 0. The Hall–Kier alpha value is -2.05. The average Bonchev–Trinajstić information content (AvgIpc) is 3.08. The lowest BCUT2D eigenvalue weighted by Gasteiger charge is -2.36. The smallest absolute Gasteiger partial charge is 0.409 e. The van der Waals surface area contributed by atoms with Crippen LogP contribution in [-0.2, 0) is 4.74 Å². The quantitative estimate of drug-likeness (QED) is 0.831. The molecule has 126 valence electrons. The van der Waals surface area contributed by atoms with Gasteiger partial charge in [0.25, 0.3) is 10.9 Å². The minimum Gasteiger partial charge on any atom is -0.450 e. The second kappa shape index (κ2) is 6.60. The third-order valence-electron chi connectivity index (χ3n) is 4.71. The van der Waals surface area contributed by atoms with Crippen LogP contribution >= 0.6 is 0 Å². The molecule has 1 aromatic carbocycles. The minimum atomic E-state index is -0.407. The van der Waals surface area contributed by atoms with Gasteiger partial charge in [0.15, 0.2) is 0 Å². The van der Waals surface area contributed by atoms with Crippen LogP contribution in [0.25, 0.3) is 0 Å². The maximum Gasteiger partial charge on any atom is 0.409 e. The Morgan fingerprint density at radius 2 is 1.78 bits per heavy atom. The van der Waals surface area contributed by atoms with Crippen molar-refractivity contribution < 1.29 is 9.53 Å². The highest BCUT2D eigenvalue weighted by Crippen LogP contribution is 2.27. The summed E-state index contributed by atoms with van der Waals surface area (Å²) in [6, 6.07) is 0.304. The summed E-state index contributed by atoms with van der Waals surface area (Å²) < 4.78 is 4.99. The molecule has 1 saturated carbocycles. The summed E-state index contributed by atoms with van der Waals surface area (Å²) in [6.45, 7) is 4.22. The van der Waals surface area contributed by atoms with E-state index in [-0.39, 0.29) is 6.09 Å². The van der Waals surface area contributed by atoms with E-state index in [1.807, 2.05) is 4.90 Å². The summed E-state index contributed by atoms with van der Waals surface area (Å²) in [6.07, 6.45) is 4.12. The molecule has 0 spiro atoms. The molecule has 1 amide bonds. The second-order valence-corrected chi connectivity index (χ2v) is 6.18. The van der Waals surface area contributed by atoms with Crippen molar-refractivity contribution in [3.63, 3.8) is 0 Å². The van der Waals surface area contributed by atoms with Crippen molar-refractivity contribution in [2.45, 2.75) is 38.6 Å². The van der Waals surface area contributed by atoms with Crippen LogP contribution in [0.2, 0.25) is 0 Å². The highest BCUT2D eigenvalue weighted by molar-refractivity contribution is 5.76. The molecule has 2 fully saturated rings. The third-order valence-corrected chi connectivity index (χ3v) is 4.71. The van der Waals surface area contributed by atoms with Crippen molar-refractivity contribution in [1.82, 2.24) is 4.90 Å². The summed E-state index contributed by atoms with van der Waals surface area (Å²) in [4.78, 5) is 39.1. The van der Waals surface area contributed by atoms with Crippen molar-refractivity contribution in [3.05, 3.63) is 20.4 Å². The van der Waals surface area contributed by atoms with Crippen LogP contribution in [0.1, 0.15) is 32.6 Å². The van der Waals surface area contributed by atoms with Gasteiger partial charge in [0.2, 0.25) is 0 Å². The lowest BCUT2D eigenvalue weighted by Crippen LogP contribution is -2.53. The largest absolute Gasteiger partial charge is 0.450 e. The molecule has 0 radical (unpaired) electrons. The third kappa shape index (κ3) is 3.04. The van der Waals surface area contributed by atoms with Crippen LogP contribution in [0.15, 0.2) is 9.59 Å². The van der Waals surface area contributed by atoms with E-state index in [1.54, 1.807) is 11.8 Å². The molecule has 23 heavy (non-hydrogen) atoms. The molecule has 2 aliphatic rings. The molecule has 1 N–H and O–H groups in total. The summed E-state index contributed by atoms with van der Waals surface area (Å²) in [5.41, 5.74) is 0.173. The Morgan fingerprint density at radius 1 is 1.13 bits per heavy atom. The molecule has 3 rings (SSSR count). The Morgan fingerprint density at radius 3 is 2.39 bits per heavy atom. The summed E-state index contributed by atoms with van der Waals surface area (Å²) in [5.74, 6) is 0. The average molecular weight is 321 g/mol. The lowest BCUT2D eigenvalue weighted by atomic mass is 10.1. The number of hydrogen-bond acceptors (Lipinski definition) is 6. The molecule has 7 heteroatoms. The SMILES string of the molecule is CCOC(=O)N1CCN(c2c(NC3CCCC3)c(=O)c2=O)CC1. The van der Waals surface area contributed by atoms with Crippen molar-refractivity contribution >= 4 is 17.5 Å². The number of carbonyl (C=O) groups is 1. The number of hydrogen-bond donors (Lipinski definition) is 1. The molecule has 0 aromatic heterocycles. The highest BCUT2D eigenvalue weighted by Gasteiger charge is 2.31. The maximum absolute atomic E-state index is 12.0. The van der Waals surface area contributed by atoms with Gasteiger partial charge in [0.05, 0.1) is 6.61 Å². The van der Waals surface area contributed by atoms with Gasteiger partial charge in [-0.05, 0) is 19.8 Å². The molecule has 0 atom stereocenters. The maximum atomic E-state index is 12.0. The fourth-order valence-electron chi connectivity index (χ4n) is 3.42. The van der Waals surface area contributed by atoms with E-state index in [2.05, 4.69) is 5.32 Å². The van der Waals surface area contributed by atoms with E-state index in [9.17, 15) is 14.4 Å². The standard InChI is InChI=1S/C16H23N3O4/c1-2-23-16(22)19-9-7-18(8-10-19)13-12(14(20)15(13)21)17-11-5-3-4-6-11/h11,17H,2-10H2,1H3. The summed E-state index contributed by atoms with van der Waals surface area (Å²) in [7, 11) is 0. The van der Waals surface area contributed by atoms with E-state index in [4.69, 9.17) is 4.74 Å². The molecule has 0 bridgehead atoms. The first-order valence-electron chi connectivity index (χ1n) is 8.38. The first-order chi connectivity index (χ1) is 11.1. The first-order valence-corrected chi connectivity index (χ1v) is 8.38. The van der Waals surface area contributed by atoms with Gasteiger partial charge in [0.1, 0.15) is 11.4 Å². The van der Waals surface area contributed by atoms with E-state index in [0.29, 0.717) is 50.2 Å². The van der Waals surface area contributed by atoms with E-state index < -0.39 is 10.9 Å². The molecule has 7 nitrogen and oxygen atoms in total. The Kier molecular flexibility index (Phi) is 4.54.